The highest BCUT2D eigenvalue weighted by atomic mass is 35.5. The van der Waals surface area contributed by atoms with Crippen molar-refractivity contribution < 1.29 is 14.8 Å². The van der Waals surface area contributed by atoms with Gasteiger partial charge in [0.2, 0.25) is 5.88 Å². The monoisotopic (exact) mass is 294 g/mol. The molecule has 1 N–H and O–H groups in total. The highest BCUT2D eigenvalue weighted by Gasteiger charge is 2.12. The van der Waals surface area contributed by atoms with Gasteiger partial charge in [-0.3, -0.25) is 10.1 Å². The predicted octanol–water partition coefficient (Wildman–Crippen LogP) is 3.49. The van der Waals surface area contributed by atoms with E-state index in [0.29, 0.717) is 5.56 Å². The molecule has 0 spiro atoms. The highest BCUT2D eigenvalue weighted by Crippen LogP contribution is 2.32. The number of pyridine rings is 1. The zero-order valence-corrected chi connectivity index (χ0v) is 11.2. The van der Waals surface area contributed by atoms with Gasteiger partial charge in [-0.15, -0.1) is 0 Å². The molecule has 1 atom stereocenters. The van der Waals surface area contributed by atoms with Crippen molar-refractivity contribution in [2.45, 2.75) is 13.0 Å². The molecule has 2 rings (SSSR count). The number of aliphatic hydroxyl groups excluding tert-OH is 1. The van der Waals surface area contributed by atoms with Crippen LogP contribution in [-0.2, 0) is 0 Å². The second-order valence-corrected chi connectivity index (χ2v) is 4.48. The molecule has 1 aromatic heterocycles. The smallest absolute Gasteiger partial charge is 0.273 e. The predicted molar refractivity (Wildman–Crippen MR) is 73.1 cm³/mol. The SMILES string of the molecule is CC(O)c1ccnc(Oc2cc([N+](=O)[O-])ccc2Cl)c1. The lowest BCUT2D eigenvalue weighted by Gasteiger charge is -2.09. The van der Waals surface area contributed by atoms with E-state index in [9.17, 15) is 15.2 Å². The lowest BCUT2D eigenvalue weighted by Crippen LogP contribution is -1.95. The van der Waals surface area contributed by atoms with E-state index in [1.165, 1.54) is 24.4 Å². The summed E-state index contributed by atoms with van der Waals surface area (Å²) in [5.41, 5.74) is 0.493. The third-order valence-corrected chi connectivity index (χ3v) is 2.89. The average Bonchev–Trinajstić information content (AvgIpc) is 2.41. The summed E-state index contributed by atoms with van der Waals surface area (Å²) in [6.07, 6.45) is 0.809. The van der Waals surface area contributed by atoms with E-state index in [1.807, 2.05) is 0 Å². The summed E-state index contributed by atoms with van der Waals surface area (Å²) in [4.78, 5) is 14.2. The molecule has 0 radical (unpaired) electrons. The van der Waals surface area contributed by atoms with Crippen molar-refractivity contribution in [1.82, 2.24) is 4.98 Å². The fourth-order valence-corrected chi connectivity index (χ4v) is 1.69. The zero-order valence-electron chi connectivity index (χ0n) is 10.5. The fraction of sp³-hybridized carbons (Fsp3) is 0.154. The van der Waals surface area contributed by atoms with Gasteiger partial charge in [-0.05, 0) is 24.6 Å². The average molecular weight is 295 g/mol. The third-order valence-electron chi connectivity index (χ3n) is 2.58. The Morgan fingerprint density at radius 1 is 1.40 bits per heavy atom. The lowest BCUT2D eigenvalue weighted by molar-refractivity contribution is -0.384. The Kier molecular flexibility index (Phi) is 4.16. The van der Waals surface area contributed by atoms with Crippen LogP contribution < -0.4 is 4.74 Å². The maximum Gasteiger partial charge on any atom is 0.273 e. The number of rotatable bonds is 4. The van der Waals surface area contributed by atoms with Crippen LogP contribution in [0.1, 0.15) is 18.6 Å². The Morgan fingerprint density at radius 3 is 2.80 bits per heavy atom. The van der Waals surface area contributed by atoms with Crippen LogP contribution in [0.4, 0.5) is 5.69 Å². The molecule has 104 valence electrons. The second kappa shape index (κ2) is 5.85. The molecule has 0 aliphatic carbocycles. The van der Waals surface area contributed by atoms with Crippen molar-refractivity contribution in [3.8, 4) is 11.6 Å². The van der Waals surface area contributed by atoms with Crippen molar-refractivity contribution in [2.75, 3.05) is 0 Å². The Bertz CT molecular complexity index is 646. The molecule has 0 aliphatic rings. The van der Waals surface area contributed by atoms with Crippen LogP contribution in [-0.4, -0.2) is 15.0 Å². The molecular weight excluding hydrogens is 284 g/mol. The largest absolute Gasteiger partial charge is 0.437 e. The van der Waals surface area contributed by atoms with Gasteiger partial charge in [0, 0.05) is 18.3 Å². The molecule has 20 heavy (non-hydrogen) atoms. The van der Waals surface area contributed by atoms with Crippen LogP contribution in [0.15, 0.2) is 36.5 Å². The molecule has 0 bridgehead atoms. The van der Waals surface area contributed by atoms with E-state index in [-0.39, 0.29) is 22.3 Å². The zero-order chi connectivity index (χ0) is 14.7. The van der Waals surface area contributed by atoms with E-state index in [4.69, 9.17) is 16.3 Å². The molecule has 0 saturated carbocycles. The number of nitro benzene ring substituents is 1. The van der Waals surface area contributed by atoms with Crippen molar-refractivity contribution in [2.24, 2.45) is 0 Å². The van der Waals surface area contributed by atoms with Crippen LogP contribution in [0.5, 0.6) is 11.6 Å². The molecular formula is C13H11ClN2O4. The van der Waals surface area contributed by atoms with Crippen LogP contribution >= 0.6 is 11.6 Å². The Morgan fingerprint density at radius 2 is 2.15 bits per heavy atom. The van der Waals surface area contributed by atoms with E-state index in [1.54, 1.807) is 19.1 Å². The van der Waals surface area contributed by atoms with Gasteiger partial charge in [0.1, 0.15) is 0 Å². The number of nitrogens with zero attached hydrogens (tertiary/aromatic N) is 2. The quantitative estimate of drug-likeness (QED) is 0.689. The minimum atomic E-state index is -0.666. The summed E-state index contributed by atoms with van der Waals surface area (Å²) >= 11 is 5.93. The van der Waals surface area contributed by atoms with Gasteiger partial charge in [-0.2, -0.15) is 0 Å². The van der Waals surface area contributed by atoms with E-state index in [2.05, 4.69) is 4.98 Å². The Balaban J connectivity index is 2.32. The number of hydrogen-bond donors (Lipinski definition) is 1. The molecule has 2 aromatic rings. The molecule has 0 aliphatic heterocycles. The number of halogens is 1. The van der Waals surface area contributed by atoms with Crippen molar-refractivity contribution in [3.05, 3.63) is 57.2 Å². The summed E-state index contributed by atoms with van der Waals surface area (Å²) in [6.45, 7) is 1.61. The second-order valence-electron chi connectivity index (χ2n) is 4.08. The molecule has 0 fully saturated rings. The number of benzene rings is 1. The van der Waals surface area contributed by atoms with Crippen LogP contribution in [0.3, 0.4) is 0 Å². The first-order chi connectivity index (χ1) is 9.47. The Labute approximate surface area is 119 Å². The van der Waals surface area contributed by atoms with Gasteiger partial charge in [-0.1, -0.05) is 11.6 Å². The van der Waals surface area contributed by atoms with Gasteiger partial charge in [0.25, 0.3) is 5.69 Å². The number of aromatic nitrogens is 1. The topological polar surface area (TPSA) is 85.5 Å². The summed E-state index contributed by atoms with van der Waals surface area (Å²) in [6, 6.07) is 7.08. The number of non-ortho nitro benzene ring substituents is 1. The van der Waals surface area contributed by atoms with Gasteiger partial charge < -0.3 is 9.84 Å². The maximum absolute atomic E-state index is 10.7. The first-order valence-corrected chi connectivity index (χ1v) is 6.11. The number of ether oxygens (including phenoxy) is 1. The first-order valence-electron chi connectivity index (χ1n) is 5.73. The minimum absolute atomic E-state index is 0.129. The molecule has 0 saturated heterocycles. The van der Waals surface area contributed by atoms with Crippen LogP contribution in [0.2, 0.25) is 5.02 Å². The van der Waals surface area contributed by atoms with Crippen molar-refractivity contribution in [3.63, 3.8) is 0 Å². The maximum atomic E-state index is 10.7. The van der Waals surface area contributed by atoms with Crippen LogP contribution in [0, 0.1) is 10.1 Å². The van der Waals surface area contributed by atoms with E-state index < -0.39 is 11.0 Å². The minimum Gasteiger partial charge on any atom is -0.437 e. The molecule has 1 heterocycles. The molecule has 1 unspecified atom stereocenters. The normalized spacial score (nSPS) is 11.9. The summed E-state index contributed by atoms with van der Waals surface area (Å²) in [5, 5.41) is 20.4. The lowest BCUT2D eigenvalue weighted by atomic mass is 10.2. The Hall–Kier alpha value is -2.18. The summed E-state index contributed by atoms with van der Waals surface area (Å²) in [7, 11) is 0. The standard InChI is InChI=1S/C13H11ClN2O4/c1-8(17)9-4-5-15-13(6-9)20-12-7-10(16(18)19)2-3-11(12)14/h2-8,17H,1H3. The number of nitro groups is 1. The van der Waals surface area contributed by atoms with Gasteiger partial charge in [-0.25, -0.2) is 4.98 Å². The first kappa shape index (κ1) is 14.2. The number of aliphatic hydroxyl groups is 1. The summed E-state index contributed by atoms with van der Waals surface area (Å²) < 4.78 is 5.43. The number of hydrogen-bond acceptors (Lipinski definition) is 5. The van der Waals surface area contributed by atoms with E-state index >= 15 is 0 Å². The molecule has 7 heteroatoms. The third kappa shape index (κ3) is 3.23. The molecule has 6 nitrogen and oxygen atoms in total. The van der Waals surface area contributed by atoms with Crippen LogP contribution in [0.25, 0.3) is 0 Å². The van der Waals surface area contributed by atoms with Gasteiger partial charge >= 0.3 is 0 Å². The van der Waals surface area contributed by atoms with E-state index in [0.717, 1.165) is 0 Å². The molecule has 1 aromatic carbocycles. The fourth-order valence-electron chi connectivity index (χ4n) is 1.54. The van der Waals surface area contributed by atoms with Gasteiger partial charge in [0.05, 0.1) is 22.1 Å². The highest BCUT2D eigenvalue weighted by molar-refractivity contribution is 6.32. The van der Waals surface area contributed by atoms with Gasteiger partial charge in [0.15, 0.2) is 5.75 Å². The van der Waals surface area contributed by atoms with Crippen molar-refractivity contribution in [1.29, 1.82) is 0 Å². The summed E-state index contributed by atoms with van der Waals surface area (Å²) in [5.74, 6) is 0.335. The van der Waals surface area contributed by atoms with Crippen molar-refractivity contribution >= 4 is 17.3 Å². The molecule has 0 amide bonds.